The highest BCUT2D eigenvalue weighted by Gasteiger charge is 2.36. The first-order chi connectivity index (χ1) is 11.4. The zero-order valence-electron chi connectivity index (χ0n) is 13.7. The van der Waals surface area contributed by atoms with E-state index in [0.717, 1.165) is 19.0 Å². The molecule has 4 nitrogen and oxygen atoms in total. The molecule has 2 rings (SSSR count). The average molecular weight is 339 g/mol. The monoisotopic (exact) mass is 339 g/mol. The van der Waals surface area contributed by atoms with E-state index in [0.29, 0.717) is 12.1 Å². The second-order valence-electron chi connectivity index (χ2n) is 5.33. The van der Waals surface area contributed by atoms with E-state index in [1.807, 2.05) is 31.2 Å². The number of anilines is 2. The van der Waals surface area contributed by atoms with Crippen molar-refractivity contribution in [2.75, 3.05) is 11.9 Å². The van der Waals surface area contributed by atoms with Gasteiger partial charge in [-0.1, -0.05) is 32.4 Å². The highest BCUT2D eigenvalue weighted by atomic mass is 19.4. The van der Waals surface area contributed by atoms with Crippen LogP contribution in [0.1, 0.15) is 37.8 Å². The summed E-state index contributed by atoms with van der Waals surface area (Å²) in [5, 5.41) is 2.90. The molecule has 0 aliphatic carbocycles. The second-order valence-corrected chi connectivity index (χ2v) is 5.33. The van der Waals surface area contributed by atoms with Crippen LogP contribution < -0.4 is 10.1 Å². The van der Waals surface area contributed by atoms with Crippen LogP contribution >= 0.6 is 0 Å². The van der Waals surface area contributed by atoms with Gasteiger partial charge in [0.05, 0.1) is 6.61 Å². The number of halogens is 3. The van der Waals surface area contributed by atoms with Crippen LogP contribution in [-0.2, 0) is 12.6 Å². The van der Waals surface area contributed by atoms with Crippen LogP contribution in [0, 0.1) is 0 Å². The van der Waals surface area contributed by atoms with Gasteiger partial charge in [0.1, 0.15) is 5.56 Å². The minimum Gasteiger partial charge on any atom is -0.477 e. The first kappa shape index (κ1) is 18.0. The summed E-state index contributed by atoms with van der Waals surface area (Å²) in [5.41, 5.74) is 0.930. The van der Waals surface area contributed by atoms with Gasteiger partial charge >= 0.3 is 6.18 Å². The lowest BCUT2D eigenvalue weighted by Gasteiger charge is -2.13. The number of nitrogens with zero attached hydrogens (tertiary/aromatic N) is 2. The Kier molecular flexibility index (Phi) is 6.00. The maximum Gasteiger partial charge on any atom is 0.423 e. The van der Waals surface area contributed by atoms with Crippen LogP contribution in [0.4, 0.5) is 24.8 Å². The standard InChI is InChI=1S/C17H20F3N3O/c1-3-5-12-6-8-13(9-7-12)22-16-21-11-14(17(18,19)20)15(23-16)24-10-4-2/h6-9,11H,3-5,10H2,1-2H3,(H,21,22,23). The molecular weight excluding hydrogens is 319 g/mol. The zero-order chi connectivity index (χ0) is 17.6. The first-order valence-corrected chi connectivity index (χ1v) is 7.87. The van der Waals surface area contributed by atoms with Gasteiger partial charge in [0.2, 0.25) is 11.8 Å². The van der Waals surface area contributed by atoms with Crippen molar-refractivity contribution in [1.29, 1.82) is 0 Å². The molecular formula is C17H20F3N3O. The van der Waals surface area contributed by atoms with Crippen molar-refractivity contribution in [1.82, 2.24) is 9.97 Å². The minimum atomic E-state index is -4.55. The van der Waals surface area contributed by atoms with Gasteiger partial charge in [-0.05, 0) is 30.5 Å². The molecule has 0 aliphatic heterocycles. The van der Waals surface area contributed by atoms with Crippen LogP contribution in [-0.4, -0.2) is 16.6 Å². The average Bonchev–Trinajstić information content (AvgIpc) is 2.54. The lowest BCUT2D eigenvalue weighted by atomic mass is 10.1. The van der Waals surface area contributed by atoms with E-state index in [4.69, 9.17) is 4.74 Å². The van der Waals surface area contributed by atoms with Crippen molar-refractivity contribution >= 4 is 11.6 Å². The fraction of sp³-hybridized carbons (Fsp3) is 0.412. The summed E-state index contributed by atoms with van der Waals surface area (Å²) < 4.78 is 44.0. The number of rotatable bonds is 7. The highest BCUT2D eigenvalue weighted by Crippen LogP contribution is 2.35. The Hall–Kier alpha value is -2.31. The summed E-state index contributed by atoms with van der Waals surface area (Å²) in [4.78, 5) is 7.61. The van der Waals surface area contributed by atoms with Gasteiger partial charge in [-0.2, -0.15) is 18.2 Å². The fourth-order valence-electron chi connectivity index (χ4n) is 2.10. The number of alkyl halides is 3. The van der Waals surface area contributed by atoms with Crippen molar-refractivity contribution in [2.24, 2.45) is 0 Å². The van der Waals surface area contributed by atoms with Gasteiger partial charge in [0, 0.05) is 11.9 Å². The molecule has 0 unspecified atom stereocenters. The predicted octanol–water partition coefficient (Wildman–Crippen LogP) is 4.98. The van der Waals surface area contributed by atoms with E-state index in [-0.39, 0.29) is 12.6 Å². The Morgan fingerprint density at radius 2 is 1.79 bits per heavy atom. The topological polar surface area (TPSA) is 47.0 Å². The number of aryl methyl sites for hydroxylation is 1. The highest BCUT2D eigenvalue weighted by molar-refractivity contribution is 5.54. The van der Waals surface area contributed by atoms with E-state index >= 15 is 0 Å². The lowest BCUT2D eigenvalue weighted by molar-refractivity contribution is -0.139. The number of hydrogen-bond acceptors (Lipinski definition) is 4. The maximum absolute atomic E-state index is 13.0. The molecule has 7 heteroatoms. The molecule has 1 heterocycles. The number of nitrogens with one attached hydrogen (secondary N) is 1. The van der Waals surface area contributed by atoms with Crippen LogP contribution in [0.5, 0.6) is 5.88 Å². The van der Waals surface area contributed by atoms with Crippen molar-refractivity contribution < 1.29 is 17.9 Å². The van der Waals surface area contributed by atoms with Crippen molar-refractivity contribution in [3.63, 3.8) is 0 Å². The van der Waals surface area contributed by atoms with Crippen molar-refractivity contribution in [3.8, 4) is 5.88 Å². The molecule has 1 aromatic heterocycles. The molecule has 0 saturated heterocycles. The summed E-state index contributed by atoms with van der Waals surface area (Å²) in [6.07, 6.45) is -1.20. The third-order valence-electron chi connectivity index (χ3n) is 3.25. The number of ether oxygens (including phenoxy) is 1. The smallest absolute Gasteiger partial charge is 0.423 e. The summed E-state index contributed by atoms with van der Waals surface area (Å²) in [7, 11) is 0. The Morgan fingerprint density at radius 1 is 1.08 bits per heavy atom. The van der Waals surface area contributed by atoms with Crippen LogP contribution in [0.2, 0.25) is 0 Å². The molecule has 0 saturated carbocycles. The van der Waals surface area contributed by atoms with Gasteiger partial charge in [0.25, 0.3) is 0 Å². The third-order valence-corrected chi connectivity index (χ3v) is 3.25. The summed E-state index contributed by atoms with van der Waals surface area (Å²) in [6, 6.07) is 7.62. The fourth-order valence-corrected chi connectivity index (χ4v) is 2.10. The molecule has 1 aromatic carbocycles. The van der Waals surface area contributed by atoms with E-state index in [1.165, 1.54) is 5.56 Å². The number of benzene rings is 1. The maximum atomic E-state index is 13.0. The Morgan fingerprint density at radius 3 is 2.38 bits per heavy atom. The largest absolute Gasteiger partial charge is 0.477 e. The quantitative estimate of drug-likeness (QED) is 0.773. The number of aromatic nitrogens is 2. The minimum absolute atomic E-state index is 0.0670. The van der Waals surface area contributed by atoms with Gasteiger partial charge < -0.3 is 10.1 Å². The van der Waals surface area contributed by atoms with Crippen LogP contribution in [0.15, 0.2) is 30.5 Å². The van der Waals surface area contributed by atoms with Gasteiger partial charge in [-0.3, -0.25) is 0 Å². The molecule has 0 radical (unpaired) electrons. The molecule has 0 amide bonds. The second kappa shape index (κ2) is 7.99. The molecule has 0 aliphatic rings. The zero-order valence-corrected chi connectivity index (χ0v) is 13.7. The Balaban J connectivity index is 2.20. The molecule has 1 N–H and O–H groups in total. The van der Waals surface area contributed by atoms with Crippen LogP contribution in [0.25, 0.3) is 0 Å². The Bertz CT molecular complexity index is 657. The lowest BCUT2D eigenvalue weighted by Crippen LogP contribution is -2.12. The SMILES string of the molecule is CCCOc1nc(Nc2ccc(CCC)cc2)ncc1C(F)(F)F. The molecule has 24 heavy (non-hydrogen) atoms. The van der Waals surface area contributed by atoms with Crippen LogP contribution in [0.3, 0.4) is 0 Å². The molecule has 0 atom stereocenters. The summed E-state index contributed by atoms with van der Waals surface area (Å²) >= 11 is 0. The summed E-state index contributed by atoms with van der Waals surface area (Å²) in [5.74, 6) is -0.387. The number of hydrogen-bond donors (Lipinski definition) is 1. The van der Waals surface area contributed by atoms with Gasteiger partial charge in [-0.15, -0.1) is 0 Å². The summed E-state index contributed by atoms with van der Waals surface area (Å²) in [6.45, 7) is 4.07. The van der Waals surface area contributed by atoms with Crippen molar-refractivity contribution in [3.05, 3.63) is 41.6 Å². The van der Waals surface area contributed by atoms with E-state index in [1.54, 1.807) is 0 Å². The van der Waals surface area contributed by atoms with Gasteiger partial charge in [0.15, 0.2) is 0 Å². The normalized spacial score (nSPS) is 11.4. The van der Waals surface area contributed by atoms with Gasteiger partial charge in [-0.25, -0.2) is 4.98 Å². The predicted molar refractivity (Wildman–Crippen MR) is 86.5 cm³/mol. The third kappa shape index (κ3) is 4.84. The molecule has 0 spiro atoms. The first-order valence-electron chi connectivity index (χ1n) is 7.87. The molecule has 0 fully saturated rings. The van der Waals surface area contributed by atoms with E-state index in [2.05, 4.69) is 22.2 Å². The van der Waals surface area contributed by atoms with E-state index in [9.17, 15) is 13.2 Å². The molecule has 0 bridgehead atoms. The molecule has 130 valence electrons. The Labute approximate surface area is 139 Å². The molecule has 2 aromatic rings. The van der Waals surface area contributed by atoms with E-state index < -0.39 is 17.6 Å². The van der Waals surface area contributed by atoms with Crippen molar-refractivity contribution in [2.45, 2.75) is 39.3 Å².